The molecule has 32 heavy (non-hydrogen) atoms. The minimum absolute atomic E-state index is 0.00857. The monoisotopic (exact) mass is 449 g/mol. The van der Waals surface area contributed by atoms with Gasteiger partial charge in [-0.2, -0.15) is 0 Å². The van der Waals surface area contributed by atoms with Gasteiger partial charge in [-0.3, -0.25) is 9.59 Å². The number of aromatic nitrogens is 2. The lowest BCUT2D eigenvalue weighted by molar-refractivity contribution is -0.132. The van der Waals surface area contributed by atoms with Gasteiger partial charge < -0.3 is 14.4 Å². The molecule has 2 aromatic heterocycles. The lowest BCUT2D eigenvalue weighted by atomic mass is 10.2. The van der Waals surface area contributed by atoms with Crippen LogP contribution in [0.1, 0.15) is 25.3 Å². The molecule has 1 aliphatic heterocycles. The fourth-order valence-electron chi connectivity index (χ4n) is 3.96. The molecule has 0 spiro atoms. The van der Waals surface area contributed by atoms with Crippen molar-refractivity contribution in [2.75, 3.05) is 26.3 Å². The smallest absolute Gasteiger partial charge is 0.274 e. The van der Waals surface area contributed by atoms with E-state index in [9.17, 15) is 9.59 Å². The normalized spacial score (nSPS) is 14.5. The highest BCUT2D eigenvalue weighted by atomic mass is 32.1. The topological polar surface area (TPSA) is 73.1 Å². The zero-order valence-corrected chi connectivity index (χ0v) is 18.6. The molecule has 5 rings (SSSR count). The third-order valence-electron chi connectivity index (χ3n) is 5.52. The van der Waals surface area contributed by atoms with Crippen molar-refractivity contribution in [1.29, 1.82) is 0 Å². The molecule has 0 atom stereocenters. The average molecular weight is 450 g/mol. The van der Waals surface area contributed by atoms with Gasteiger partial charge in [0.15, 0.2) is 23.1 Å². The van der Waals surface area contributed by atoms with Crippen molar-refractivity contribution in [3.63, 3.8) is 0 Å². The second-order valence-electron chi connectivity index (χ2n) is 7.65. The fourth-order valence-corrected chi connectivity index (χ4v) is 4.95. The summed E-state index contributed by atoms with van der Waals surface area (Å²) in [5.74, 6) is 1.06. The Morgan fingerprint density at radius 2 is 1.94 bits per heavy atom. The van der Waals surface area contributed by atoms with Gasteiger partial charge in [0, 0.05) is 13.1 Å². The van der Waals surface area contributed by atoms with Gasteiger partial charge in [-0.15, -0.1) is 0 Å². The molecule has 1 saturated heterocycles. The van der Waals surface area contributed by atoms with Gasteiger partial charge in [0.25, 0.3) is 11.5 Å². The maximum Gasteiger partial charge on any atom is 0.274 e. The second-order valence-corrected chi connectivity index (χ2v) is 8.66. The van der Waals surface area contributed by atoms with Crippen LogP contribution in [0.3, 0.4) is 0 Å². The predicted octanol–water partition coefficient (Wildman–Crippen LogP) is 2.86. The van der Waals surface area contributed by atoms with E-state index in [1.54, 1.807) is 10.5 Å². The van der Waals surface area contributed by atoms with Gasteiger partial charge in [-0.1, -0.05) is 29.5 Å². The lowest BCUT2D eigenvalue weighted by Crippen LogP contribution is -2.32. The first-order valence-electron chi connectivity index (χ1n) is 10.7. The Balaban J connectivity index is 1.44. The van der Waals surface area contributed by atoms with Crippen LogP contribution in [0.4, 0.5) is 0 Å². The zero-order chi connectivity index (χ0) is 22.1. The molecule has 2 aromatic carbocycles. The number of thiazole rings is 1. The highest BCUT2D eigenvalue weighted by Crippen LogP contribution is 2.29. The van der Waals surface area contributed by atoms with Crippen molar-refractivity contribution in [1.82, 2.24) is 14.3 Å². The standard InChI is InChI=1S/C24H23N3O4S/c1-2-30-20-13-16(9-10-19(20)31-15-22(28)26-11-5-6-12-26)14-21-23(29)27-18-8-4-3-7-17(18)25-24(27)32-21/h3-4,7-10,13-14H,2,5-6,11-12,15H2,1H3. The summed E-state index contributed by atoms with van der Waals surface area (Å²) >= 11 is 1.36. The van der Waals surface area contributed by atoms with Crippen LogP contribution in [0.25, 0.3) is 22.1 Å². The van der Waals surface area contributed by atoms with E-state index in [1.807, 2.05) is 54.3 Å². The van der Waals surface area contributed by atoms with Gasteiger partial charge in [0.05, 0.1) is 22.2 Å². The van der Waals surface area contributed by atoms with E-state index >= 15 is 0 Å². The summed E-state index contributed by atoms with van der Waals surface area (Å²) in [7, 11) is 0. The van der Waals surface area contributed by atoms with Gasteiger partial charge >= 0.3 is 0 Å². The van der Waals surface area contributed by atoms with E-state index in [-0.39, 0.29) is 18.1 Å². The van der Waals surface area contributed by atoms with E-state index in [0.29, 0.717) is 27.6 Å². The first-order chi connectivity index (χ1) is 15.6. The number of para-hydroxylation sites is 2. The first-order valence-corrected chi connectivity index (χ1v) is 11.5. The maximum absolute atomic E-state index is 13.0. The van der Waals surface area contributed by atoms with Gasteiger partial charge in [-0.25, -0.2) is 9.38 Å². The number of imidazole rings is 1. The average Bonchev–Trinajstić information content (AvgIpc) is 3.51. The largest absolute Gasteiger partial charge is 0.490 e. The van der Waals surface area contributed by atoms with Crippen LogP contribution in [0.5, 0.6) is 11.5 Å². The quantitative estimate of drug-likeness (QED) is 0.453. The Hall–Kier alpha value is -3.39. The van der Waals surface area contributed by atoms with Crippen LogP contribution in [-0.4, -0.2) is 46.5 Å². The summed E-state index contributed by atoms with van der Waals surface area (Å²) in [4.78, 5) is 32.3. The summed E-state index contributed by atoms with van der Waals surface area (Å²) in [5, 5.41) is 0. The number of carbonyl (C=O) groups is 1. The van der Waals surface area contributed by atoms with Crippen molar-refractivity contribution in [3.8, 4) is 11.5 Å². The maximum atomic E-state index is 13.0. The van der Waals surface area contributed by atoms with Crippen LogP contribution < -0.4 is 19.6 Å². The molecule has 4 aromatic rings. The summed E-state index contributed by atoms with van der Waals surface area (Å²) in [6.07, 6.45) is 3.93. The SMILES string of the molecule is CCOc1cc(C=c2sc3nc4ccccc4n3c2=O)ccc1OCC(=O)N1CCCC1. The number of nitrogens with zero attached hydrogens (tertiary/aromatic N) is 3. The molecule has 0 radical (unpaired) electrons. The molecule has 0 saturated carbocycles. The number of likely N-dealkylation sites (tertiary alicyclic amines) is 1. The Morgan fingerprint density at radius 1 is 1.12 bits per heavy atom. The van der Waals surface area contributed by atoms with Gasteiger partial charge in [0.1, 0.15) is 0 Å². The van der Waals surface area contributed by atoms with E-state index < -0.39 is 0 Å². The summed E-state index contributed by atoms with van der Waals surface area (Å²) in [6.45, 7) is 3.94. The lowest BCUT2D eigenvalue weighted by Gasteiger charge is -2.17. The molecule has 8 heteroatoms. The van der Waals surface area contributed by atoms with Crippen LogP contribution in [0, 0.1) is 0 Å². The van der Waals surface area contributed by atoms with E-state index in [1.165, 1.54) is 11.3 Å². The minimum atomic E-state index is -0.0896. The molecular formula is C24H23N3O4S. The van der Waals surface area contributed by atoms with Gasteiger partial charge in [-0.05, 0) is 55.7 Å². The number of carbonyl (C=O) groups excluding carboxylic acids is 1. The first kappa shape index (κ1) is 20.5. The number of ether oxygens (including phenoxy) is 2. The molecule has 0 aliphatic carbocycles. The highest BCUT2D eigenvalue weighted by Gasteiger charge is 2.19. The molecule has 0 N–H and O–H groups in total. The number of fused-ring (bicyclic) bond motifs is 3. The minimum Gasteiger partial charge on any atom is -0.490 e. The molecular weight excluding hydrogens is 426 g/mol. The Kier molecular flexibility index (Phi) is 5.53. The van der Waals surface area contributed by atoms with Crippen LogP contribution >= 0.6 is 11.3 Å². The molecule has 3 heterocycles. The van der Waals surface area contributed by atoms with Crippen LogP contribution in [0.15, 0.2) is 47.3 Å². The summed E-state index contributed by atoms with van der Waals surface area (Å²) < 4.78 is 13.8. The van der Waals surface area contributed by atoms with Crippen LogP contribution in [-0.2, 0) is 4.79 Å². The molecule has 1 amide bonds. The van der Waals surface area contributed by atoms with Crippen molar-refractivity contribution in [3.05, 3.63) is 62.9 Å². The number of hydrogen-bond acceptors (Lipinski definition) is 6. The number of amides is 1. The third-order valence-corrected chi connectivity index (χ3v) is 6.49. The highest BCUT2D eigenvalue weighted by molar-refractivity contribution is 7.15. The Labute approximate surface area is 188 Å². The van der Waals surface area contributed by atoms with Crippen molar-refractivity contribution in [2.45, 2.75) is 19.8 Å². The third kappa shape index (κ3) is 3.82. The molecule has 7 nitrogen and oxygen atoms in total. The van der Waals surface area contributed by atoms with Crippen molar-refractivity contribution >= 4 is 39.3 Å². The van der Waals surface area contributed by atoms with E-state index in [0.717, 1.165) is 42.5 Å². The van der Waals surface area contributed by atoms with E-state index in [2.05, 4.69) is 4.98 Å². The predicted molar refractivity (Wildman–Crippen MR) is 125 cm³/mol. The Morgan fingerprint density at radius 3 is 2.75 bits per heavy atom. The summed E-state index contributed by atoms with van der Waals surface area (Å²) in [5.41, 5.74) is 2.35. The van der Waals surface area contributed by atoms with Crippen molar-refractivity contribution in [2.24, 2.45) is 0 Å². The number of benzene rings is 2. The molecule has 0 bridgehead atoms. The molecule has 1 aliphatic rings. The molecule has 164 valence electrons. The second kappa shape index (κ2) is 8.63. The number of rotatable bonds is 6. The molecule has 1 fully saturated rings. The molecule has 0 unspecified atom stereocenters. The zero-order valence-electron chi connectivity index (χ0n) is 17.7. The summed E-state index contributed by atoms with van der Waals surface area (Å²) in [6, 6.07) is 13.1. The van der Waals surface area contributed by atoms with E-state index in [4.69, 9.17) is 9.47 Å². The fraction of sp³-hybridized carbons (Fsp3) is 0.292. The Bertz CT molecular complexity index is 1400. The number of hydrogen-bond donors (Lipinski definition) is 0. The van der Waals surface area contributed by atoms with Crippen molar-refractivity contribution < 1.29 is 14.3 Å². The van der Waals surface area contributed by atoms with Gasteiger partial charge in [0.2, 0.25) is 0 Å². The van der Waals surface area contributed by atoms with Crippen LogP contribution in [0.2, 0.25) is 0 Å².